The SMILES string of the molecule is CN(C[C@H]1CN(C(=O)OCc2ccccc2)CCO1)C(=O)OC(C)(C)C. The number of likely N-dealkylation sites (N-methyl/N-ethyl adjacent to an activating group) is 1. The lowest BCUT2D eigenvalue weighted by Crippen LogP contribution is -2.50. The molecular formula is C19H28N2O5. The van der Waals surface area contributed by atoms with Gasteiger partial charge in [-0.15, -0.1) is 0 Å². The van der Waals surface area contributed by atoms with Crippen molar-refractivity contribution in [2.24, 2.45) is 0 Å². The number of nitrogens with zero attached hydrogens (tertiary/aromatic N) is 2. The molecule has 0 radical (unpaired) electrons. The molecule has 26 heavy (non-hydrogen) atoms. The predicted molar refractivity (Wildman–Crippen MR) is 96.8 cm³/mol. The van der Waals surface area contributed by atoms with Crippen molar-refractivity contribution in [3.63, 3.8) is 0 Å². The molecule has 1 atom stereocenters. The first-order valence-corrected chi connectivity index (χ1v) is 8.76. The molecule has 0 aliphatic carbocycles. The summed E-state index contributed by atoms with van der Waals surface area (Å²) in [6, 6.07) is 9.54. The number of ether oxygens (including phenoxy) is 3. The molecule has 7 heteroatoms. The number of benzene rings is 1. The smallest absolute Gasteiger partial charge is 0.410 e. The summed E-state index contributed by atoms with van der Waals surface area (Å²) in [6.45, 7) is 7.30. The molecule has 7 nitrogen and oxygen atoms in total. The minimum atomic E-state index is -0.550. The van der Waals surface area contributed by atoms with E-state index in [9.17, 15) is 9.59 Å². The first kappa shape index (κ1) is 20.0. The van der Waals surface area contributed by atoms with Gasteiger partial charge < -0.3 is 24.0 Å². The van der Waals surface area contributed by atoms with Crippen molar-refractivity contribution in [2.45, 2.75) is 39.1 Å². The first-order valence-electron chi connectivity index (χ1n) is 8.76. The Morgan fingerprint density at radius 1 is 1.27 bits per heavy atom. The number of amides is 2. The Morgan fingerprint density at radius 3 is 2.62 bits per heavy atom. The van der Waals surface area contributed by atoms with Crippen LogP contribution < -0.4 is 0 Å². The van der Waals surface area contributed by atoms with Crippen LogP contribution in [0.25, 0.3) is 0 Å². The van der Waals surface area contributed by atoms with Gasteiger partial charge in [0.15, 0.2) is 0 Å². The van der Waals surface area contributed by atoms with Crippen molar-refractivity contribution in [3.8, 4) is 0 Å². The molecule has 1 fully saturated rings. The second kappa shape index (κ2) is 8.89. The highest BCUT2D eigenvalue weighted by Gasteiger charge is 2.28. The van der Waals surface area contributed by atoms with Crippen LogP contribution in [0.2, 0.25) is 0 Å². The Morgan fingerprint density at radius 2 is 1.96 bits per heavy atom. The molecule has 0 aromatic heterocycles. The van der Waals surface area contributed by atoms with Gasteiger partial charge in [-0.3, -0.25) is 0 Å². The van der Waals surface area contributed by atoms with Crippen molar-refractivity contribution in [3.05, 3.63) is 35.9 Å². The Bertz CT molecular complexity index is 600. The normalized spacial score (nSPS) is 17.5. The highest BCUT2D eigenvalue weighted by atomic mass is 16.6. The topological polar surface area (TPSA) is 68.3 Å². The molecule has 1 aromatic carbocycles. The summed E-state index contributed by atoms with van der Waals surface area (Å²) in [6.07, 6.45) is -1.06. The molecule has 0 N–H and O–H groups in total. The van der Waals surface area contributed by atoms with Gasteiger partial charge in [-0.1, -0.05) is 30.3 Å². The number of carbonyl (C=O) groups is 2. The van der Waals surface area contributed by atoms with Gasteiger partial charge in [-0.2, -0.15) is 0 Å². The van der Waals surface area contributed by atoms with Crippen molar-refractivity contribution in [1.29, 1.82) is 0 Å². The molecule has 1 aliphatic rings. The van der Waals surface area contributed by atoms with Gasteiger partial charge in [0.25, 0.3) is 0 Å². The molecule has 1 aromatic rings. The van der Waals surface area contributed by atoms with Crippen molar-refractivity contribution < 1.29 is 23.8 Å². The van der Waals surface area contributed by atoms with E-state index in [1.807, 2.05) is 51.1 Å². The van der Waals surface area contributed by atoms with Gasteiger partial charge in [-0.05, 0) is 26.3 Å². The lowest BCUT2D eigenvalue weighted by Gasteiger charge is -2.34. The number of rotatable bonds is 4. The fourth-order valence-corrected chi connectivity index (χ4v) is 2.53. The maximum Gasteiger partial charge on any atom is 0.410 e. The Balaban J connectivity index is 1.80. The molecule has 144 valence electrons. The van der Waals surface area contributed by atoms with Crippen LogP contribution in [-0.2, 0) is 20.8 Å². The van der Waals surface area contributed by atoms with Crippen molar-refractivity contribution >= 4 is 12.2 Å². The summed E-state index contributed by atoms with van der Waals surface area (Å²) in [5, 5.41) is 0. The van der Waals surface area contributed by atoms with E-state index in [4.69, 9.17) is 14.2 Å². The van der Waals surface area contributed by atoms with E-state index in [-0.39, 0.29) is 18.8 Å². The predicted octanol–water partition coefficient (Wildman–Crippen LogP) is 2.89. The van der Waals surface area contributed by atoms with E-state index < -0.39 is 11.7 Å². The fraction of sp³-hybridized carbons (Fsp3) is 0.579. The zero-order chi connectivity index (χ0) is 19.2. The van der Waals surface area contributed by atoms with Crippen molar-refractivity contribution in [2.75, 3.05) is 33.3 Å². The van der Waals surface area contributed by atoms with Crippen LogP contribution in [0.5, 0.6) is 0 Å². The summed E-state index contributed by atoms with van der Waals surface area (Å²) in [5.41, 5.74) is 0.391. The average Bonchev–Trinajstić information content (AvgIpc) is 2.59. The fourth-order valence-electron chi connectivity index (χ4n) is 2.53. The molecule has 2 rings (SSSR count). The lowest BCUT2D eigenvalue weighted by atomic mass is 10.2. The molecule has 0 saturated carbocycles. The number of hydrogen-bond donors (Lipinski definition) is 0. The zero-order valence-corrected chi connectivity index (χ0v) is 15.9. The third-order valence-corrected chi connectivity index (χ3v) is 3.78. The third-order valence-electron chi connectivity index (χ3n) is 3.78. The minimum absolute atomic E-state index is 0.236. The molecule has 0 spiro atoms. The number of morpholine rings is 1. The maximum absolute atomic E-state index is 12.3. The third kappa shape index (κ3) is 6.55. The van der Waals surface area contributed by atoms with E-state index in [1.165, 1.54) is 4.90 Å². The second-order valence-electron chi connectivity index (χ2n) is 7.34. The zero-order valence-electron chi connectivity index (χ0n) is 15.9. The highest BCUT2D eigenvalue weighted by Crippen LogP contribution is 2.13. The Labute approximate surface area is 154 Å². The summed E-state index contributed by atoms with van der Waals surface area (Å²) in [5.74, 6) is 0. The van der Waals surface area contributed by atoms with Crippen LogP contribution in [-0.4, -0.2) is 67.0 Å². The van der Waals surface area contributed by atoms with Crippen LogP contribution in [0.15, 0.2) is 30.3 Å². The van der Waals surface area contributed by atoms with Crippen molar-refractivity contribution in [1.82, 2.24) is 9.80 Å². The van der Waals surface area contributed by atoms with E-state index >= 15 is 0 Å². The minimum Gasteiger partial charge on any atom is -0.445 e. The average molecular weight is 364 g/mol. The lowest BCUT2D eigenvalue weighted by molar-refractivity contribution is -0.0427. The maximum atomic E-state index is 12.3. The van der Waals surface area contributed by atoms with Crippen LogP contribution in [0, 0.1) is 0 Å². The summed E-state index contributed by atoms with van der Waals surface area (Å²) >= 11 is 0. The van der Waals surface area contributed by atoms with E-state index in [0.29, 0.717) is 26.2 Å². The quantitative estimate of drug-likeness (QED) is 0.822. The van der Waals surface area contributed by atoms with Crippen LogP contribution >= 0.6 is 0 Å². The van der Waals surface area contributed by atoms with E-state index in [2.05, 4.69) is 0 Å². The molecule has 1 aliphatic heterocycles. The summed E-state index contributed by atoms with van der Waals surface area (Å²) < 4.78 is 16.4. The van der Waals surface area contributed by atoms with Gasteiger partial charge in [0.1, 0.15) is 12.2 Å². The Hall–Kier alpha value is -2.28. The number of hydrogen-bond acceptors (Lipinski definition) is 5. The molecule has 1 saturated heterocycles. The molecule has 0 bridgehead atoms. The van der Waals surface area contributed by atoms with Gasteiger partial charge in [-0.25, -0.2) is 9.59 Å². The Kier molecular flexibility index (Phi) is 6.85. The summed E-state index contributed by atoms with van der Waals surface area (Å²) in [7, 11) is 1.66. The molecule has 0 unspecified atom stereocenters. The molecular weight excluding hydrogens is 336 g/mol. The van der Waals surface area contributed by atoms with Gasteiger partial charge in [0, 0.05) is 13.6 Å². The second-order valence-corrected chi connectivity index (χ2v) is 7.34. The molecule has 2 amide bonds. The molecule has 1 heterocycles. The van der Waals surface area contributed by atoms with Crippen LogP contribution in [0.1, 0.15) is 26.3 Å². The van der Waals surface area contributed by atoms with E-state index in [1.54, 1.807) is 11.9 Å². The largest absolute Gasteiger partial charge is 0.445 e. The van der Waals surface area contributed by atoms with E-state index in [0.717, 1.165) is 5.56 Å². The van der Waals surface area contributed by atoms with Crippen LogP contribution in [0.4, 0.5) is 9.59 Å². The number of carbonyl (C=O) groups excluding carboxylic acids is 2. The van der Waals surface area contributed by atoms with Gasteiger partial charge in [0.2, 0.25) is 0 Å². The standard InChI is InChI=1S/C19H28N2O5/c1-19(2,3)26-17(22)20(4)12-16-13-21(10-11-24-16)18(23)25-14-15-8-6-5-7-9-15/h5-9,16H,10-14H2,1-4H3/t16-/m0/s1. The van der Waals surface area contributed by atoms with Gasteiger partial charge in [0.05, 0.1) is 25.8 Å². The van der Waals surface area contributed by atoms with Gasteiger partial charge >= 0.3 is 12.2 Å². The summed E-state index contributed by atoms with van der Waals surface area (Å²) in [4.78, 5) is 27.4. The van der Waals surface area contributed by atoms with Crippen LogP contribution in [0.3, 0.4) is 0 Å². The first-order chi connectivity index (χ1) is 12.2. The highest BCUT2D eigenvalue weighted by molar-refractivity contribution is 5.68. The monoisotopic (exact) mass is 364 g/mol.